The average molecular weight is 374 g/mol. The molecule has 0 fully saturated rings. The van der Waals surface area contributed by atoms with E-state index in [0.29, 0.717) is 5.75 Å². The molecule has 4 nitrogen and oxygen atoms in total. The predicted molar refractivity (Wildman–Crippen MR) is 94.1 cm³/mol. The molecule has 3 aromatic rings. The smallest absolute Gasteiger partial charge is 0.307 e. The first-order chi connectivity index (χ1) is 11.0. The number of rotatable bonds is 4. The van der Waals surface area contributed by atoms with E-state index in [0.717, 1.165) is 37.8 Å². The second-order valence-corrected chi connectivity index (χ2v) is 6.31. The number of halogens is 1. The Balaban J connectivity index is 2.34. The van der Waals surface area contributed by atoms with Crippen molar-refractivity contribution in [2.24, 2.45) is 0 Å². The summed E-state index contributed by atoms with van der Waals surface area (Å²) in [6, 6.07) is 11.6. The molecule has 0 amide bonds. The van der Waals surface area contributed by atoms with E-state index in [4.69, 9.17) is 4.74 Å². The minimum Gasteiger partial charge on any atom is -0.496 e. The van der Waals surface area contributed by atoms with Gasteiger partial charge in [0.25, 0.3) is 0 Å². The topological polar surface area (TPSA) is 62.3 Å². The molecule has 1 heterocycles. The van der Waals surface area contributed by atoms with Crippen molar-refractivity contribution in [1.29, 1.82) is 0 Å². The molecule has 0 radical (unpaired) electrons. The average Bonchev–Trinajstić information content (AvgIpc) is 2.87. The van der Waals surface area contributed by atoms with Crippen LogP contribution < -0.4 is 4.74 Å². The minimum absolute atomic E-state index is 0.0472. The number of benzene rings is 2. The van der Waals surface area contributed by atoms with E-state index in [9.17, 15) is 9.90 Å². The van der Waals surface area contributed by atoms with Crippen LogP contribution in [0.5, 0.6) is 5.75 Å². The van der Waals surface area contributed by atoms with Crippen molar-refractivity contribution in [1.82, 2.24) is 4.98 Å². The Kier molecular flexibility index (Phi) is 4.13. The number of aromatic nitrogens is 1. The lowest BCUT2D eigenvalue weighted by atomic mass is 10.0. The maximum absolute atomic E-state index is 11.3. The highest BCUT2D eigenvalue weighted by atomic mass is 79.9. The summed E-state index contributed by atoms with van der Waals surface area (Å²) < 4.78 is 6.36. The molecule has 23 heavy (non-hydrogen) atoms. The molecule has 0 aliphatic rings. The second kappa shape index (κ2) is 6.08. The van der Waals surface area contributed by atoms with Crippen LogP contribution >= 0.6 is 15.9 Å². The van der Waals surface area contributed by atoms with Gasteiger partial charge in [0.2, 0.25) is 0 Å². The summed E-state index contributed by atoms with van der Waals surface area (Å²) >= 11 is 3.47. The van der Waals surface area contributed by atoms with Crippen molar-refractivity contribution in [2.75, 3.05) is 7.11 Å². The Hall–Kier alpha value is -2.27. The second-order valence-electron chi connectivity index (χ2n) is 5.39. The fourth-order valence-corrected chi connectivity index (χ4v) is 3.22. The number of fused-ring (bicyclic) bond motifs is 1. The maximum Gasteiger partial charge on any atom is 0.307 e. The van der Waals surface area contributed by atoms with Crippen LogP contribution in [-0.2, 0) is 11.2 Å². The van der Waals surface area contributed by atoms with Gasteiger partial charge in [0.1, 0.15) is 5.75 Å². The van der Waals surface area contributed by atoms with Crippen molar-refractivity contribution >= 4 is 32.8 Å². The van der Waals surface area contributed by atoms with Crippen molar-refractivity contribution in [3.05, 3.63) is 52.0 Å². The zero-order valence-corrected chi connectivity index (χ0v) is 14.4. The lowest BCUT2D eigenvalue weighted by Crippen LogP contribution is -2.01. The number of nitrogens with one attached hydrogen (secondary N) is 1. The lowest BCUT2D eigenvalue weighted by molar-refractivity contribution is -0.136. The van der Waals surface area contributed by atoms with E-state index in [1.807, 2.05) is 43.3 Å². The Morgan fingerprint density at radius 3 is 2.78 bits per heavy atom. The number of H-pyrrole nitrogens is 1. The van der Waals surface area contributed by atoms with Crippen LogP contribution in [0.1, 0.15) is 11.1 Å². The quantitative estimate of drug-likeness (QED) is 0.705. The van der Waals surface area contributed by atoms with Crippen LogP contribution in [0.3, 0.4) is 0 Å². The van der Waals surface area contributed by atoms with E-state index in [1.165, 1.54) is 0 Å². The van der Waals surface area contributed by atoms with Crippen LogP contribution in [0, 0.1) is 6.92 Å². The van der Waals surface area contributed by atoms with Gasteiger partial charge < -0.3 is 14.8 Å². The van der Waals surface area contributed by atoms with E-state index >= 15 is 0 Å². The van der Waals surface area contributed by atoms with Crippen LogP contribution in [0.4, 0.5) is 0 Å². The van der Waals surface area contributed by atoms with Gasteiger partial charge in [-0.1, -0.05) is 34.1 Å². The van der Waals surface area contributed by atoms with Gasteiger partial charge >= 0.3 is 5.97 Å². The van der Waals surface area contributed by atoms with Crippen LogP contribution in [0.25, 0.3) is 22.2 Å². The maximum atomic E-state index is 11.3. The summed E-state index contributed by atoms with van der Waals surface area (Å²) in [5, 5.41) is 10.2. The van der Waals surface area contributed by atoms with Crippen molar-refractivity contribution in [3.63, 3.8) is 0 Å². The third-order valence-electron chi connectivity index (χ3n) is 3.91. The van der Waals surface area contributed by atoms with Gasteiger partial charge in [0, 0.05) is 20.9 Å². The number of aromatic amines is 1. The number of carboxylic acid groups (broad SMARTS) is 1. The number of carboxylic acids is 1. The Labute approximate surface area is 142 Å². The zero-order chi connectivity index (χ0) is 16.6. The van der Waals surface area contributed by atoms with Crippen molar-refractivity contribution < 1.29 is 14.6 Å². The summed E-state index contributed by atoms with van der Waals surface area (Å²) in [5.74, 6) is -0.160. The summed E-state index contributed by atoms with van der Waals surface area (Å²) in [5.41, 5.74) is 4.44. The fourth-order valence-electron chi connectivity index (χ4n) is 2.86. The molecule has 2 N–H and O–H groups in total. The van der Waals surface area contributed by atoms with Gasteiger partial charge in [-0.15, -0.1) is 0 Å². The van der Waals surface area contributed by atoms with Crippen molar-refractivity contribution in [2.45, 2.75) is 13.3 Å². The predicted octanol–water partition coefficient (Wildman–Crippen LogP) is 4.54. The molecule has 5 heteroatoms. The number of ether oxygens (including phenoxy) is 1. The van der Waals surface area contributed by atoms with E-state index in [2.05, 4.69) is 20.9 Å². The molecular formula is C18H16BrNO3. The number of aliphatic carboxylic acids is 1. The highest BCUT2D eigenvalue weighted by molar-refractivity contribution is 9.10. The Bertz CT molecular complexity index is 899. The fraction of sp³-hybridized carbons (Fsp3) is 0.167. The molecule has 0 saturated carbocycles. The van der Waals surface area contributed by atoms with Gasteiger partial charge in [0.05, 0.1) is 19.2 Å². The molecule has 0 atom stereocenters. The molecule has 0 saturated heterocycles. The van der Waals surface area contributed by atoms with Crippen molar-refractivity contribution in [3.8, 4) is 17.0 Å². The van der Waals surface area contributed by atoms with E-state index in [1.54, 1.807) is 7.11 Å². The standard InChI is InChI=1S/C18H16BrNO3/c1-10-4-3-5-12-13(9-16(21)22)18(20-17(10)12)14-8-11(19)6-7-15(14)23-2/h3-8,20H,9H2,1-2H3,(H,21,22). The minimum atomic E-state index is -0.859. The summed E-state index contributed by atoms with van der Waals surface area (Å²) in [6.07, 6.45) is -0.0472. The molecular weight excluding hydrogens is 358 g/mol. The van der Waals surface area contributed by atoms with Crippen LogP contribution in [0.15, 0.2) is 40.9 Å². The Morgan fingerprint density at radius 1 is 1.30 bits per heavy atom. The normalized spacial score (nSPS) is 10.9. The molecule has 0 spiro atoms. The first-order valence-electron chi connectivity index (χ1n) is 7.17. The SMILES string of the molecule is COc1ccc(Br)cc1-c1[nH]c2c(C)cccc2c1CC(=O)O. The number of para-hydroxylation sites is 1. The summed E-state index contributed by atoms with van der Waals surface area (Å²) in [7, 11) is 1.61. The molecule has 0 aliphatic carbocycles. The highest BCUT2D eigenvalue weighted by Gasteiger charge is 2.19. The van der Waals surface area contributed by atoms with E-state index in [-0.39, 0.29) is 6.42 Å². The van der Waals surface area contributed by atoms with Gasteiger partial charge in [-0.05, 0) is 36.2 Å². The lowest BCUT2D eigenvalue weighted by Gasteiger charge is -2.09. The number of methoxy groups -OCH3 is 1. The number of hydrogen-bond donors (Lipinski definition) is 2. The van der Waals surface area contributed by atoms with Gasteiger partial charge in [-0.25, -0.2) is 0 Å². The molecule has 3 rings (SSSR count). The largest absolute Gasteiger partial charge is 0.496 e. The molecule has 0 aliphatic heterocycles. The summed E-state index contributed by atoms with van der Waals surface area (Å²) in [4.78, 5) is 14.7. The van der Waals surface area contributed by atoms with Gasteiger partial charge in [-0.2, -0.15) is 0 Å². The van der Waals surface area contributed by atoms with Crippen LogP contribution in [0.2, 0.25) is 0 Å². The molecule has 1 aromatic heterocycles. The monoisotopic (exact) mass is 373 g/mol. The van der Waals surface area contributed by atoms with Crippen LogP contribution in [-0.4, -0.2) is 23.2 Å². The molecule has 0 bridgehead atoms. The highest BCUT2D eigenvalue weighted by Crippen LogP contribution is 2.38. The van der Waals surface area contributed by atoms with Gasteiger partial charge in [-0.3, -0.25) is 4.79 Å². The third-order valence-corrected chi connectivity index (χ3v) is 4.40. The zero-order valence-electron chi connectivity index (χ0n) is 12.8. The molecule has 2 aromatic carbocycles. The number of aryl methyl sites for hydroxylation is 1. The summed E-state index contributed by atoms with van der Waals surface area (Å²) in [6.45, 7) is 2.01. The van der Waals surface area contributed by atoms with Gasteiger partial charge in [0.15, 0.2) is 0 Å². The molecule has 118 valence electrons. The third kappa shape index (κ3) is 2.84. The molecule has 0 unspecified atom stereocenters. The first-order valence-corrected chi connectivity index (χ1v) is 7.96. The number of carbonyl (C=O) groups is 1. The number of hydrogen-bond acceptors (Lipinski definition) is 2. The van der Waals surface area contributed by atoms with E-state index < -0.39 is 5.97 Å². The Morgan fingerprint density at radius 2 is 2.09 bits per heavy atom. The first kappa shape index (κ1) is 15.6.